The number of hydrogen-bond donors (Lipinski definition) is 3. The average molecular weight is 386 g/mol. The van der Waals surface area contributed by atoms with Crippen LogP contribution in [0, 0.1) is 29.2 Å². The van der Waals surface area contributed by atoms with E-state index in [4.69, 9.17) is 12.3 Å². The molecule has 5 saturated carbocycles. The molecule has 28 heavy (non-hydrogen) atoms. The standard InChI is InChI=1S/C21H30N4O3/c1-19-8-14(19)25(15(9-19)23-2)18(27)17(24-16(26)10-22)20-4-12-3-13(5-20)7-21(28,6-12)11-20/h12-15,17,28H,3-11,22H2,1H3,(H,24,26). The van der Waals surface area contributed by atoms with Gasteiger partial charge in [0.2, 0.25) is 5.91 Å². The average Bonchev–Trinajstić information content (AvgIpc) is 3.17. The van der Waals surface area contributed by atoms with Crippen molar-refractivity contribution in [3.63, 3.8) is 0 Å². The summed E-state index contributed by atoms with van der Waals surface area (Å²) in [5.41, 5.74) is 4.49. The highest BCUT2D eigenvalue weighted by molar-refractivity contribution is 5.90. The fourth-order valence-corrected chi connectivity index (χ4v) is 7.64. The number of nitrogens with two attached hydrogens (primary N) is 1. The zero-order valence-electron chi connectivity index (χ0n) is 16.5. The molecule has 7 nitrogen and oxygen atoms in total. The summed E-state index contributed by atoms with van der Waals surface area (Å²) >= 11 is 0. The number of piperidine rings is 1. The lowest BCUT2D eigenvalue weighted by atomic mass is 9.46. The zero-order chi connectivity index (χ0) is 19.9. The molecule has 1 saturated heterocycles. The predicted octanol–water partition coefficient (Wildman–Crippen LogP) is 1.02. The fraction of sp³-hybridized carbons (Fsp3) is 0.857. The third-order valence-corrected chi connectivity index (χ3v) is 8.44. The first-order chi connectivity index (χ1) is 13.2. The molecule has 2 amide bonds. The van der Waals surface area contributed by atoms with Crippen LogP contribution in [-0.4, -0.2) is 52.2 Å². The first-order valence-corrected chi connectivity index (χ1v) is 10.6. The normalized spacial score (nSPS) is 48.7. The van der Waals surface area contributed by atoms with E-state index in [-0.39, 0.29) is 29.8 Å². The predicted molar refractivity (Wildman–Crippen MR) is 101 cm³/mol. The van der Waals surface area contributed by atoms with E-state index < -0.39 is 23.2 Å². The number of carbonyl (C=O) groups is 2. The molecule has 152 valence electrons. The van der Waals surface area contributed by atoms with E-state index in [9.17, 15) is 14.7 Å². The van der Waals surface area contributed by atoms with E-state index in [1.54, 1.807) is 4.90 Å². The van der Waals surface area contributed by atoms with Gasteiger partial charge in [0.25, 0.3) is 5.91 Å². The van der Waals surface area contributed by atoms with Crippen LogP contribution < -0.4 is 11.1 Å². The van der Waals surface area contributed by atoms with Gasteiger partial charge in [-0.3, -0.25) is 19.3 Å². The van der Waals surface area contributed by atoms with Crippen LogP contribution in [0.1, 0.15) is 58.3 Å². The number of carbonyl (C=O) groups excluding carboxylic acids is 2. The van der Waals surface area contributed by atoms with Gasteiger partial charge in [0.05, 0.1) is 18.6 Å². The van der Waals surface area contributed by atoms with Gasteiger partial charge in [-0.05, 0) is 62.2 Å². The molecule has 6 atom stereocenters. The number of aliphatic hydroxyl groups is 1. The minimum Gasteiger partial charge on any atom is -0.390 e. The highest BCUT2D eigenvalue weighted by Crippen LogP contribution is 2.64. The van der Waals surface area contributed by atoms with Crippen molar-refractivity contribution < 1.29 is 14.7 Å². The monoisotopic (exact) mass is 386 g/mol. The Morgan fingerprint density at radius 2 is 1.93 bits per heavy atom. The summed E-state index contributed by atoms with van der Waals surface area (Å²) in [6, 6.07) is -0.582. The van der Waals surface area contributed by atoms with Crippen molar-refractivity contribution >= 4 is 11.8 Å². The number of rotatable bonds is 4. The van der Waals surface area contributed by atoms with Crippen molar-refractivity contribution in [1.82, 2.24) is 10.2 Å². The summed E-state index contributed by atoms with van der Waals surface area (Å²) in [5, 5.41) is 14.1. The summed E-state index contributed by atoms with van der Waals surface area (Å²) < 4.78 is 0. The van der Waals surface area contributed by atoms with Gasteiger partial charge in [-0.1, -0.05) is 6.92 Å². The van der Waals surface area contributed by atoms with E-state index in [1.807, 2.05) is 0 Å². The van der Waals surface area contributed by atoms with Crippen LogP contribution in [0.25, 0.3) is 4.85 Å². The van der Waals surface area contributed by atoms with Crippen LogP contribution in [0.2, 0.25) is 0 Å². The molecule has 4 bridgehead atoms. The molecule has 1 heterocycles. The lowest BCUT2D eigenvalue weighted by Crippen LogP contribution is -2.66. The third-order valence-electron chi connectivity index (χ3n) is 8.44. The maximum Gasteiger partial charge on any atom is 0.301 e. The SMILES string of the molecule is [C-]#[N+]C1CC2(C)CC2N1C(=O)C(NC(=O)CN)C12CC3CC(CC(O)(C3)C1)C2. The molecule has 7 heteroatoms. The third kappa shape index (κ3) is 2.54. The molecule has 0 spiro atoms. The Balaban J connectivity index is 1.50. The van der Waals surface area contributed by atoms with E-state index >= 15 is 0 Å². The van der Waals surface area contributed by atoms with Gasteiger partial charge in [0.15, 0.2) is 0 Å². The van der Waals surface area contributed by atoms with Gasteiger partial charge in [0, 0.05) is 11.5 Å². The maximum atomic E-state index is 13.8. The Morgan fingerprint density at radius 1 is 1.25 bits per heavy atom. The molecule has 6 unspecified atom stereocenters. The summed E-state index contributed by atoms with van der Waals surface area (Å²) in [4.78, 5) is 31.6. The number of amides is 2. The van der Waals surface area contributed by atoms with Crippen LogP contribution in [-0.2, 0) is 9.59 Å². The van der Waals surface area contributed by atoms with E-state index in [1.165, 1.54) is 0 Å². The Labute approximate surface area is 165 Å². The Bertz CT molecular complexity index is 762. The molecule has 1 aliphatic heterocycles. The summed E-state index contributed by atoms with van der Waals surface area (Å²) in [6.45, 7) is 9.56. The van der Waals surface area contributed by atoms with Crippen LogP contribution in [0.5, 0.6) is 0 Å². The second kappa shape index (κ2) is 5.70. The van der Waals surface area contributed by atoms with Gasteiger partial charge < -0.3 is 16.2 Å². The molecule has 0 aromatic rings. The van der Waals surface area contributed by atoms with Gasteiger partial charge in [0.1, 0.15) is 6.04 Å². The lowest BCUT2D eigenvalue weighted by Gasteiger charge is -2.62. The highest BCUT2D eigenvalue weighted by Gasteiger charge is 2.68. The molecule has 0 aromatic heterocycles. The largest absolute Gasteiger partial charge is 0.390 e. The van der Waals surface area contributed by atoms with Gasteiger partial charge in [-0.25, -0.2) is 6.57 Å². The lowest BCUT2D eigenvalue weighted by molar-refractivity contribution is -0.181. The number of likely N-dealkylation sites (tertiary alicyclic amines) is 1. The van der Waals surface area contributed by atoms with Crippen molar-refractivity contribution in [2.75, 3.05) is 6.54 Å². The zero-order valence-corrected chi connectivity index (χ0v) is 16.5. The van der Waals surface area contributed by atoms with Gasteiger partial charge >= 0.3 is 6.17 Å². The van der Waals surface area contributed by atoms with Crippen molar-refractivity contribution in [3.05, 3.63) is 11.4 Å². The second-order valence-corrected chi connectivity index (χ2v) is 10.7. The summed E-state index contributed by atoms with van der Waals surface area (Å²) in [7, 11) is 0. The van der Waals surface area contributed by atoms with Gasteiger partial charge in [-0.15, -0.1) is 0 Å². The summed E-state index contributed by atoms with van der Waals surface area (Å²) in [6.07, 6.45) is 6.25. The van der Waals surface area contributed by atoms with E-state index in [0.717, 1.165) is 38.5 Å². The van der Waals surface area contributed by atoms with Crippen LogP contribution in [0.4, 0.5) is 0 Å². The fourth-order valence-electron chi connectivity index (χ4n) is 7.64. The molecular formula is C21H30N4O3. The Morgan fingerprint density at radius 3 is 2.50 bits per heavy atom. The first-order valence-electron chi connectivity index (χ1n) is 10.6. The van der Waals surface area contributed by atoms with E-state index in [0.29, 0.717) is 24.7 Å². The Kier molecular flexibility index (Phi) is 3.74. The van der Waals surface area contributed by atoms with Crippen LogP contribution in [0.15, 0.2) is 0 Å². The van der Waals surface area contributed by atoms with E-state index in [2.05, 4.69) is 17.1 Å². The second-order valence-electron chi connectivity index (χ2n) is 10.7. The van der Waals surface area contributed by atoms with Gasteiger partial charge in [-0.2, -0.15) is 0 Å². The molecular weight excluding hydrogens is 356 g/mol. The number of nitrogens with one attached hydrogen (secondary N) is 1. The maximum absolute atomic E-state index is 13.8. The topological polar surface area (TPSA) is 100 Å². The first kappa shape index (κ1) is 18.4. The molecule has 0 aromatic carbocycles. The number of fused-ring (bicyclic) bond motifs is 1. The van der Waals surface area contributed by atoms with Crippen molar-refractivity contribution in [1.29, 1.82) is 0 Å². The van der Waals surface area contributed by atoms with Crippen molar-refractivity contribution in [2.45, 2.75) is 82.1 Å². The minimum atomic E-state index is -0.714. The highest BCUT2D eigenvalue weighted by atomic mass is 16.3. The quantitative estimate of drug-likeness (QED) is 0.628. The number of hydrogen-bond acceptors (Lipinski definition) is 4. The van der Waals surface area contributed by atoms with Crippen LogP contribution >= 0.6 is 0 Å². The molecule has 6 fully saturated rings. The van der Waals surface area contributed by atoms with Crippen molar-refractivity contribution in [3.8, 4) is 0 Å². The molecule has 0 radical (unpaired) electrons. The molecule has 4 N–H and O–H groups in total. The molecule has 6 rings (SSSR count). The molecule has 5 aliphatic carbocycles. The summed E-state index contributed by atoms with van der Waals surface area (Å²) in [5.74, 6) is 0.369. The Hall–Kier alpha value is -1.65. The van der Waals surface area contributed by atoms with Crippen molar-refractivity contribution in [2.24, 2.45) is 28.4 Å². The smallest absolute Gasteiger partial charge is 0.301 e. The van der Waals surface area contributed by atoms with Crippen LogP contribution in [0.3, 0.4) is 0 Å². The minimum absolute atomic E-state index is 0.0486. The number of nitrogens with zero attached hydrogens (tertiary/aromatic N) is 2. The molecule has 6 aliphatic rings.